The molecule has 0 bridgehead atoms. The van der Waals surface area contributed by atoms with Crippen LogP contribution in [-0.4, -0.2) is 47.3 Å². The molecule has 2 heterocycles. The number of rotatable bonds is 5. The molecule has 1 aromatic carbocycles. The molecular weight excluding hydrogens is 330 g/mol. The minimum Gasteiger partial charge on any atom is -0.460 e. The van der Waals surface area contributed by atoms with Gasteiger partial charge in [0.2, 0.25) is 10.0 Å². The van der Waals surface area contributed by atoms with E-state index in [1.807, 2.05) is 36.5 Å². The lowest BCUT2D eigenvalue weighted by atomic mass is 10.2. The Bertz CT molecular complexity index is 800. The third-order valence-electron chi connectivity index (χ3n) is 3.99. The van der Waals surface area contributed by atoms with Gasteiger partial charge in [0.05, 0.1) is 11.9 Å². The molecular formula is C16H19N3O4S. The molecule has 8 heteroatoms. The first kappa shape index (κ1) is 16.7. The summed E-state index contributed by atoms with van der Waals surface area (Å²) in [5, 5.41) is 4.14. The van der Waals surface area contributed by atoms with Crippen LogP contribution < -0.4 is 0 Å². The molecule has 128 valence electrons. The number of sulfonamides is 1. The monoisotopic (exact) mass is 349 g/mol. The van der Waals surface area contributed by atoms with Gasteiger partial charge in [0, 0.05) is 18.9 Å². The summed E-state index contributed by atoms with van der Waals surface area (Å²) in [7, 11) is -3.39. The minimum absolute atomic E-state index is 0.117. The van der Waals surface area contributed by atoms with Gasteiger partial charge in [-0.1, -0.05) is 12.1 Å². The van der Waals surface area contributed by atoms with Crippen molar-refractivity contribution < 1.29 is 17.9 Å². The average Bonchev–Trinajstić information content (AvgIpc) is 3.23. The van der Waals surface area contributed by atoms with Crippen molar-refractivity contribution >= 4 is 16.0 Å². The summed E-state index contributed by atoms with van der Waals surface area (Å²) in [5.41, 5.74) is 1.75. The number of carbonyl (C=O) groups is 1. The van der Waals surface area contributed by atoms with Crippen LogP contribution in [0.1, 0.15) is 18.4 Å². The van der Waals surface area contributed by atoms with Crippen LogP contribution in [0.15, 0.2) is 42.7 Å². The van der Waals surface area contributed by atoms with E-state index in [2.05, 4.69) is 5.10 Å². The molecule has 0 spiro atoms. The molecule has 1 atom stereocenters. The number of ether oxygens (including phenoxy) is 1. The normalized spacial score (nSPS) is 18.6. The fourth-order valence-electron chi connectivity index (χ4n) is 2.79. The molecule has 0 N–H and O–H groups in total. The Morgan fingerprint density at radius 3 is 2.71 bits per heavy atom. The van der Waals surface area contributed by atoms with Crippen LogP contribution in [0.3, 0.4) is 0 Å². The molecule has 2 aromatic rings. The Morgan fingerprint density at radius 1 is 1.33 bits per heavy atom. The van der Waals surface area contributed by atoms with E-state index in [1.54, 1.807) is 10.9 Å². The highest BCUT2D eigenvalue weighted by Crippen LogP contribution is 2.22. The number of aromatic nitrogens is 2. The average molecular weight is 349 g/mol. The van der Waals surface area contributed by atoms with Crippen LogP contribution in [0, 0.1) is 0 Å². The van der Waals surface area contributed by atoms with Gasteiger partial charge in [-0.2, -0.15) is 9.40 Å². The van der Waals surface area contributed by atoms with Gasteiger partial charge in [-0.15, -0.1) is 0 Å². The summed E-state index contributed by atoms with van der Waals surface area (Å²) >= 11 is 0. The maximum Gasteiger partial charge on any atom is 0.324 e. The first-order chi connectivity index (χ1) is 11.4. The lowest BCUT2D eigenvalue weighted by Crippen LogP contribution is -2.40. The molecule has 1 aromatic heterocycles. The van der Waals surface area contributed by atoms with Crippen LogP contribution in [0.5, 0.6) is 0 Å². The summed E-state index contributed by atoms with van der Waals surface area (Å²) in [5.74, 6) is -0.492. The van der Waals surface area contributed by atoms with E-state index in [1.165, 1.54) is 4.31 Å². The zero-order valence-electron chi connectivity index (χ0n) is 13.3. The number of nitrogens with zero attached hydrogens (tertiary/aromatic N) is 3. The molecule has 1 unspecified atom stereocenters. The van der Waals surface area contributed by atoms with Crippen molar-refractivity contribution in [3.8, 4) is 5.69 Å². The molecule has 1 aliphatic heterocycles. The van der Waals surface area contributed by atoms with Crippen LogP contribution in [-0.2, 0) is 26.2 Å². The molecule has 0 saturated carbocycles. The number of hydrogen-bond donors (Lipinski definition) is 0. The van der Waals surface area contributed by atoms with E-state index in [0.29, 0.717) is 19.4 Å². The van der Waals surface area contributed by atoms with E-state index in [9.17, 15) is 13.2 Å². The largest absolute Gasteiger partial charge is 0.460 e. The second-order valence-electron chi connectivity index (χ2n) is 5.76. The Hall–Kier alpha value is -2.19. The summed E-state index contributed by atoms with van der Waals surface area (Å²) in [6, 6.07) is 8.61. The third-order valence-corrected chi connectivity index (χ3v) is 5.28. The number of benzene rings is 1. The van der Waals surface area contributed by atoms with Crippen LogP contribution in [0.4, 0.5) is 0 Å². The molecule has 1 fully saturated rings. The number of carbonyl (C=O) groups excluding carboxylic acids is 1. The quantitative estimate of drug-likeness (QED) is 0.761. The van der Waals surface area contributed by atoms with Gasteiger partial charge in [-0.05, 0) is 36.6 Å². The van der Waals surface area contributed by atoms with E-state index in [4.69, 9.17) is 4.74 Å². The highest BCUT2D eigenvalue weighted by molar-refractivity contribution is 7.88. The van der Waals surface area contributed by atoms with Crippen LogP contribution >= 0.6 is 0 Å². The van der Waals surface area contributed by atoms with Gasteiger partial charge in [-0.25, -0.2) is 13.1 Å². The minimum atomic E-state index is -3.39. The second-order valence-corrected chi connectivity index (χ2v) is 7.69. The van der Waals surface area contributed by atoms with Gasteiger partial charge < -0.3 is 4.74 Å². The highest BCUT2D eigenvalue weighted by atomic mass is 32.2. The smallest absolute Gasteiger partial charge is 0.324 e. The Labute approximate surface area is 140 Å². The number of hydrogen-bond acceptors (Lipinski definition) is 5. The van der Waals surface area contributed by atoms with Crippen LogP contribution in [0.25, 0.3) is 5.69 Å². The predicted molar refractivity (Wildman–Crippen MR) is 87.9 cm³/mol. The fourth-order valence-corrected chi connectivity index (χ4v) is 3.90. The Kier molecular flexibility index (Phi) is 4.68. The zero-order valence-corrected chi connectivity index (χ0v) is 14.1. The molecule has 0 aliphatic carbocycles. The summed E-state index contributed by atoms with van der Waals surface area (Å²) in [4.78, 5) is 12.2. The van der Waals surface area contributed by atoms with Crippen molar-refractivity contribution in [2.75, 3.05) is 12.8 Å². The second kappa shape index (κ2) is 6.74. The van der Waals surface area contributed by atoms with E-state index in [-0.39, 0.29) is 6.61 Å². The summed E-state index contributed by atoms with van der Waals surface area (Å²) < 4.78 is 31.6. The lowest BCUT2D eigenvalue weighted by Gasteiger charge is -2.20. The van der Waals surface area contributed by atoms with Crippen LogP contribution in [0.2, 0.25) is 0 Å². The van der Waals surface area contributed by atoms with Crippen molar-refractivity contribution in [3.05, 3.63) is 48.3 Å². The molecule has 1 aliphatic rings. The zero-order chi connectivity index (χ0) is 17.2. The molecule has 0 radical (unpaired) electrons. The molecule has 0 amide bonds. The predicted octanol–water partition coefficient (Wildman–Crippen LogP) is 1.34. The van der Waals surface area contributed by atoms with Gasteiger partial charge in [0.25, 0.3) is 0 Å². The van der Waals surface area contributed by atoms with Crippen molar-refractivity contribution in [2.24, 2.45) is 0 Å². The van der Waals surface area contributed by atoms with E-state index in [0.717, 1.165) is 17.5 Å². The SMILES string of the molecule is CS(=O)(=O)N1CCCC1C(=O)OCc1ccc(-n2cccn2)cc1. The van der Waals surface area contributed by atoms with E-state index >= 15 is 0 Å². The maximum atomic E-state index is 12.2. The highest BCUT2D eigenvalue weighted by Gasteiger charge is 2.37. The molecule has 7 nitrogen and oxygen atoms in total. The fraction of sp³-hybridized carbons (Fsp3) is 0.375. The maximum absolute atomic E-state index is 12.2. The Balaban J connectivity index is 1.60. The van der Waals surface area contributed by atoms with Crippen molar-refractivity contribution in [1.29, 1.82) is 0 Å². The van der Waals surface area contributed by atoms with Crippen molar-refractivity contribution in [1.82, 2.24) is 14.1 Å². The molecule has 24 heavy (non-hydrogen) atoms. The number of esters is 1. The molecule has 1 saturated heterocycles. The van der Waals surface area contributed by atoms with Crippen molar-refractivity contribution in [2.45, 2.75) is 25.5 Å². The standard InChI is InChI=1S/C16H19N3O4S/c1-24(21,22)19-11-2-4-15(19)16(20)23-12-13-5-7-14(8-6-13)18-10-3-9-17-18/h3,5-10,15H,2,4,11-12H2,1H3. The van der Waals surface area contributed by atoms with Gasteiger partial charge in [-0.3, -0.25) is 4.79 Å². The van der Waals surface area contributed by atoms with Gasteiger partial charge >= 0.3 is 5.97 Å². The topological polar surface area (TPSA) is 81.5 Å². The third kappa shape index (κ3) is 3.65. The van der Waals surface area contributed by atoms with Crippen molar-refractivity contribution in [3.63, 3.8) is 0 Å². The first-order valence-corrected chi connectivity index (χ1v) is 9.52. The van der Waals surface area contributed by atoms with Gasteiger partial charge in [0.1, 0.15) is 12.6 Å². The van der Waals surface area contributed by atoms with Gasteiger partial charge in [0.15, 0.2) is 0 Å². The summed E-state index contributed by atoms with van der Waals surface area (Å²) in [6.07, 6.45) is 5.84. The summed E-state index contributed by atoms with van der Waals surface area (Å²) in [6.45, 7) is 0.490. The van der Waals surface area contributed by atoms with E-state index < -0.39 is 22.0 Å². The first-order valence-electron chi connectivity index (χ1n) is 7.67. The molecule has 3 rings (SSSR count). The lowest BCUT2D eigenvalue weighted by molar-refractivity contribution is -0.148. The Morgan fingerprint density at radius 2 is 2.08 bits per heavy atom.